The lowest BCUT2D eigenvalue weighted by Gasteiger charge is -2.16. The number of carboxylic acids is 1. The summed E-state index contributed by atoms with van der Waals surface area (Å²) in [5, 5.41) is 11.1. The van der Waals surface area contributed by atoms with Crippen LogP contribution in [0.4, 0.5) is 5.69 Å². The van der Waals surface area contributed by atoms with Crippen LogP contribution in [0.1, 0.15) is 30.4 Å². The molecule has 5 nitrogen and oxygen atoms in total. The van der Waals surface area contributed by atoms with Crippen molar-refractivity contribution in [3.8, 4) is 0 Å². The summed E-state index contributed by atoms with van der Waals surface area (Å²) in [5.41, 5.74) is 3.06. The molecule has 0 unspecified atom stereocenters. The van der Waals surface area contributed by atoms with Crippen LogP contribution in [0.15, 0.2) is 53.5 Å². The number of amides is 1. The van der Waals surface area contributed by atoms with Crippen molar-refractivity contribution in [2.75, 3.05) is 11.4 Å². The van der Waals surface area contributed by atoms with E-state index in [1.807, 2.05) is 36.4 Å². The van der Waals surface area contributed by atoms with E-state index in [2.05, 4.69) is 4.99 Å². The number of carbonyl (C=O) groups excluding carboxylic acids is 2. The number of nitrogens with zero attached hydrogens (tertiary/aromatic N) is 2. The molecule has 3 rings (SSSR count). The van der Waals surface area contributed by atoms with Crippen LogP contribution in [-0.4, -0.2) is 24.1 Å². The average molecular weight is 370 g/mol. The number of hydrogen-bond acceptors (Lipinski definition) is 4. The Labute approximate surface area is 156 Å². The first-order chi connectivity index (χ1) is 12.6. The summed E-state index contributed by atoms with van der Waals surface area (Å²) >= 11 is 5.92. The molecule has 6 heteroatoms. The van der Waals surface area contributed by atoms with Crippen LogP contribution in [0.5, 0.6) is 0 Å². The first kappa shape index (κ1) is 18.1. The highest BCUT2D eigenvalue weighted by Crippen LogP contribution is 2.30. The maximum Gasteiger partial charge on any atom is 0.277 e. The number of para-hydroxylation sites is 1. The molecule has 134 valence electrons. The van der Waals surface area contributed by atoms with Gasteiger partial charge in [-0.2, -0.15) is 0 Å². The molecule has 0 aromatic heterocycles. The number of aliphatic carboxylic acids is 1. The third-order valence-corrected chi connectivity index (χ3v) is 4.46. The second-order valence-corrected chi connectivity index (χ2v) is 6.53. The van der Waals surface area contributed by atoms with Crippen molar-refractivity contribution in [2.45, 2.75) is 25.8 Å². The Bertz CT molecular complexity index is 846. The molecule has 0 aliphatic carbocycles. The van der Waals surface area contributed by atoms with Gasteiger partial charge in [-0.1, -0.05) is 41.9 Å². The number of benzene rings is 2. The van der Waals surface area contributed by atoms with Crippen LogP contribution >= 0.6 is 11.6 Å². The van der Waals surface area contributed by atoms with Gasteiger partial charge in [0, 0.05) is 23.1 Å². The van der Waals surface area contributed by atoms with E-state index in [-0.39, 0.29) is 12.3 Å². The Hall–Kier alpha value is -2.66. The van der Waals surface area contributed by atoms with Crippen LogP contribution in [0, 0.1) is 0 Å². The Morgan fingerprint density at radius 1 is 1.08 bits per heavy atom. The molecule has 0 N–H and O–H groups in total. The minimum atomic E-state index is -1.06. The van der Waals surface area contributed by atoms with Crippen molar-refractivity contribution in [3.63, 3.8) is 0 Å². The summed E-state index contributed by atoms with van der Waals surface area (Å²) < 4.78 is 0. The fraction of sp³-hybridized carbons (Fsp3) is 0.250. The lowest BCUT2D eigenvalue weighted by Crippen LogP contribution is -2.29. The number of aliphatic imine (C=N–C) groups is 1. The van der Waals surface area contributed by atoms with E-state index >= 15 is 0 Å². The Balaban J connectivity index is 1.77. The fourth-order valence-electron chi connectivity index (χ4n) is 2.92. The second-order valence-electron chi connectivity index (χ2n) is 6.09. The number of unbranched alkanes of at least 4 members (excludes halogenated alkanes) is 1. The highest BCUT2D eigenvalue weighted by molar-refractivity contribution is 6.54. The smallest absolute Gasteiger partial charge is 0.277 e. The fourth-order valence-corrected chi connectivity index (χ4v) is 3.04. The molecule has 0 atom stereocenters. The highest BCUT2D eigenvalue weighted by Gasteiger charge is 2.33. The van der Waals surface area contributed by atoms with E-state index in [9.17, 15) is 14.7 Å². The molecule has 0 bridgehead atoms. The van der Waals surface area contributed by atoms with E-state index in [1.54, 1.807) is 17.0 Å². The van der Waals surface area contributed by atoms with Gasteiger partial charge < -0.3 is 14.8 Å². The van der Waals surface area contributed by atoms with Crippen LogP contribution in [0.2, 0.25) is 5.02 Å². The van der Waals surface area contributed by atoms with Crippen molar-refractivity contribution >= 4 is 34.9 Å². The van der Waals surface area contributed by atoms with Crippen LogP contribution < -0.4 is 10.0 Å². The normalized spacial score (nSPS) is 14.7. The van der Waals surface area contributed by atoms with Gasteiger partial charge in [0.1, 0.15) is 5.71 Å². The number of fused-ring (bicyclic) bond motifs is 1. The average Bonchev–Trinajstić information content (AvgIpc) is 2.89. The number of hydrogen-bond donors (Lipinski definition) is 0. The van der Waals surface area contributed by atoms with Gasteiger partial charge in [-0.25, -0.2) is 0 Å². The Morgan fingerprint density at radius 2 is 1.81 bits per heavy atom. The van der Waals surface area contributed by atoms with Crippen molar-refractivity contribution in [1.29, 1.82) is 0 Å². The number of rotatable bonds is 7. The van der Waals surface area contributed by atoms with Gasteiger partial charge in [-0.05, 0) is 43.0 Å². The third kappa shape index (κ3) is 4.11. The molecule has 2 aromatic carbocycles. The van der Waals surface area contributed by atoms with E-state index in [0.717, 1.165) is 16.8 Å². The summed E-state index contributed by atoms with van der Waals surface area (Å²) in [7, 11) is 0. The predicted octanol–water partition coefficient (Wildman–Crippen LogP) is 2.60. The van der Waals surface area contributed by atoms with E-state index in [0.29, 0.717) is 36.7 Å². The molecule has 1 heterocycles. The van der Waals surface area contributed by atoms with Crippen molar-refractivity contribution in [2.24, 2.45) is 4.99 Å². The van der Waals surface area contributed by atoms with Crippen LogP contribution in [-0.2, 0) is 16.1 Å². The molecule has 2 aromatic rings. The number of halogens is 1. The van der Waals surface area contributed by atoms with Gasteiger partial charge >= 0.3 is 0 Å². The number of carbonyl (C=O) groups is 2. The SMILES string of the molecule is O=C([O-])CCCCN=C1C(=O)N(Cc2ccc(Cl)cc2)c2ccccc21. The zero-order valence-electron chi connectivity index (χ0n) is 14.2. The van der Waals surface area contributed by atoms with Gasteiger partial charge in [0.25, 0.3) is 5.91 Å². The largest absolute Gasteiger partial charge is 0.550 e. The summed E-state index contributed by atoms with van der Waals surface area (Å²) in [6.45, 7) is 0.855. The van der Waals surface area contributed by atoms with Crippen LogP contribution in [0.3, 0.4) is 0 Å². The molecule has 1 amide bonds. The van der Waals surface area contributed by atoms with E-state index in [4.69, 9.17) is 11.6 Å². The first-order valence-electron chi connectivity index (χ1n) is 8.46. The summed E-state index contributed by atoms with van der Waals surface area (Å²) in [6, 6.07) is 15.0. The Kier molecular flexibility index (Phi) is 5.68. The lowest BCUT2D eigenvalue weighted by molar-refractivity contribution is -0.305. The molecule has 1 aliphatic rings. The molecule has 26 heavy (non-hydrogen) atoms. The first-order valence-corrected chi connectivity index (χ1v) is 8.84. The summed E-state index contributed by atoms with van der Waals surface area (Å²) in [6.07, 6.45) is 1.10. The molecular weight excluding hydrogens is 352 g/mol. The zero-order chi connectivity index (χ0) is 18.5. The molecule has 0 fully saturated rings. The number of anilines is 1. The maximum atomic E-state index is 12.9. The van der Waals surface area contributed by atoms with E-state index in [1.165, 1.54) is 0 Å². The van der Waals surface area contributed by atoms with Crippen LogP contribution in [0.25, 0.3) is 0 Å². The van der Waals surface area contributed by atoms with Gasteiger partial charge in [-0.3, -0.25) is 9.79 Å². The van der Waals surface area contributed by atoms with Gasteiger partial charge in [0.05, 0.1) is 12.2 Å². The summed E-state index contributed by atoms with van der Waals surface area (Å²) in [5.74, 6) is -1.20. The highest BCUT2D eigenvalue weighted by atomic mass is 35.5. The number of carboxylic acid groups (broad SMARTS) is 1. The molecule has 0 saturated carbocycles. The maximum absolute atomic E-state index is 12.9. The molecule has 0 radical (unpaired) electrons. The monoisotopic (exact) mass is 369 g/mol. The molecule has 0 saturated heterocycles. The summed E-state index contributed by atoms with van der Waals surface area (Å²) in [4.78, 5) is 29.5. The van der Waals surface area contributed by atoms with Crippen molar-refractivity contribution in [1.82, 2.24) is 0 Å². The topological polar surface area (TPSA) is 72.8 Å². The third-order valence-electron chi connectivity index (χ3n) is 4.21. The van der Waals surface area contributed by atoms with Gasteiger partial charge in [0.2, 0.25) is 0 Å². The van der Waals surface area contributed by atoms with Gasteiger partial charge in [-0.15, -0.1) is 0 Å². The standard InChI is InChI=1S/C20H19ClN2O3/c21-15-10-8-14(9-11-15)13-23-17-6-2-1-5-16(17)19(20(23)26)22-12-4-3-7-18(24)25/h1-2,5-6,8-11H,3-4,7,12-13H2,(H,24,25)/p-1. The van der Waals surface area contributed by atoms with E-state index < -0.39 is 5.97 Å². The molecule has 0 spiro atoms. The minimum absolute atomic E-state index is 0.0120. The zero-order valence-corrected chi connectivity index (χ0v) is 14.9. The van der Waals surface area contributed by atoms with Crippen molar-refractivity contribution < 1.29 is 14.7 Å². The molecule has 1 aliphatic heterocycles. The second kappa shape index (κ2) is 8.15. The minimum Gasteiger partial charge on any atom is -0.550 e. The van der Waals surface area contributed by atoms with Gasteiger partial charge in [0.15, 0.2) is 0 Å². The van der Waals surface area contributed by atoms with Crippen molar-refractivity contribution in [3.05, 3.63) is 64.7 Å². The Morgan fingerprint density at radius 3 is 2.54 bits per heavy atom. The lowest BCUT2D eigenvalue weighted by atomic mass is 10.1. The predicted molar refractivity (Wildman–Crippen MR) is 99.3 cm³/mol. The molecular formula is C20H18ClN2O3-. The quantitative estimate of drug-likeness (QED) is 0.704.